The zero-order valence-electron chi connectivity index (χ0n) is 15.2. The van der Waals surface area contributed by atoms with Crippen molar-refractivity contribution < 1.29 is 22.6 Å². The van der Waals surface area contributed by atoms with Crippen molar-refractivity contribution in [2.24, 2.45) is 0 Å². The van der Waals surface area contributed by atoms with Crippen LogP contribution in [0.1, 0.15) is 23.5 Å². The summed E-state index contributed by atoms with van der Waals surface area (Å²) in [7, 11) is -3.70. The van der Waals surface area contributed by atoms with Crippen LogP contribution in [0.2, 0.25) is 0 Å². The molecule has 3 atom stereocenters. The van der Waals surface area contributed by atoms with E-state index in [1.165, 1.54) is 0 Å². The normalized spacial score (nSPS) is 27.3. The van der Waals surface area contributed by atoms with Gasteiger partial charge in [0.2, 0.25) is 6.79 Å². The van der Waals surface area contributed by atoms with E-state index in [1.807, 2.05) is 24.3 Å². The molecular formula is C22H20O5S. The van der Waals surface area contributed by atoms with Crippen molar-refractivity contribution in [1.29, 1.82) is 0 Å². The Morgan fingerprint density at radius 2 is 1.89 bits per heavy atom. The van der Waals surface area contributed by atoms with Gasteiger partial charge in [0, 0.05) is 5.92 Å². The summed E-state index contributed by atoms with van der Waals surface area (Å²) in [5, 5.41) is 0. The number of allylic oxidation sites excluding steroid dienone is 1. The van der Waals surface area contributed by atoms with Crippen molar-refractivity contribution in [2.45, 2.75) is 34.7 Å². The Balaban J connectivity index is 1.71. The van der Waals surface area contributed by atoms with Crippen molar-refractivity contribution >= 4 is 9.84 Å². The first-order valence-electron chi connectivity index (χ1n) is 9.21. The zero-order chi connectivity index (χ0) is 19.4. The second-order valence-corrected chi connectivity index (χ2v) is 9.52. The third kappa shape index (κ3) is 2.31. The summed E-state index contributed by atoms with van der Waals surface area (Å²) in [4.78, 5) is 0.301. The van der Waals surface area contributed by atoms with Crippen LogP contribution in [0, 0.1) is 0 Å². The number of rotatable bonds is 4. The standard InChI is InChI=1S/C22H20O5S/c1-2-9-22(28(23,24)16-6-4-3-5-7-16)10-8-18-21(22)17-12-20-19(26-14-27-20)11-15(17)13-25-18/h2-8,10-12,18,21H,1,9,13-14H2/t18-,21-,22-/m1/s1. The van der Waals surface area contributed by atoms with Gasteiger partial charge in [0.15, 0.2) is 21.3 Å². The molecule has 3 aliphatic rings. The lowest BCUT2D eigenvalue weighted by Gasteiger charge is -2.39. The summed E-state index contributed by atoms with van der Waals surface area (Å²) in [6, 6.07) is 12.4. The van der Waals surface area contributed by atoms with Crippen LogP contribution in [0.15, 0.2) is 72.2 Å². The molecule has 0 bridgehead atoms. The average Bonchev–Trinajstić information content (AvgIpc) is 3.32. The molecule has 0 unspecified atom stereocenters. The summed E-state index contributed by atoms with van der Waals surface area (Å²) in [5.74, 6) is 0.942. The molecule has 2 aromatic carbocycles. The summed E-state index contributed by atoms with van der Waals surface area (Å²) < 4.78 is 43.6. The van der Waals surface area contributed by atoms with Crippen molar-refractivity contribution in [3.8, 4) is 11.5 Å². The summed E-state index contributed by atoms with van der Waals surface area (Å²) in [6.07, 6.45) is 5.33. The minimum Gasteiger partial charge on any atom is -0.454 e. The quantitative estimate of drug-likeness (QED) is 0.737. The molecule has 5 nitrogen and oxygen atoms in total. The highest BCUT2D eigenvalue weighted by molar-refractivity contribution is 7.93. The predicted molar refractivity (Wildman–Crippen MR) is 104 cm³/mol. The predicted octanol–water partition coefficient (Wildman–Crippen LogP) is 3.76. The van der Waals surface area contributed by atoms with Gasteiger partial charge in [-0.1, -0.05) is 36.4 Å². The van der Waals surface area contributed by atoms with E-state index in [1.54, 1.807) is 36.4 Å². The van der Waals surface area contributed by atoms with Crippen molar-refractivity contribution in [2.75, 3.05) is 6.79 Å². The molecule has 0 saturated carbocycles. The summed E-state index contributed by atoms with van der Waals surface area (Å²) in [5.41, 5.74) is 1.87. The van der Waals surface area contributed by atoms with Gasteiger partial charge in [-0.25, -0.2) is 8.42 Å². The molecule has 2 aliphatic heterocycles. The van der Waals surface area contributed by atoms with Gasteiger partial charge in [0.1, 0.15) is 4.75 Å². The Kier molecular flexibility index (Phi) is 3.89. The number of benzene rings is 2. The van der Waals surface area contributed by atoms with Gasteiger partial charge in [-0.05, 0) is 41.8 Å². The highest BCUT2D eigenvalue weighted by Gasteiger charge is 2.56. The highest BCUT2D eigenvalue weighted by atomic mass is 32.2. The Bertz CT molecular complexity index is 1070. The Hall–Kier alpha value is -2.57. The van der Waals surface area contributed by atoms with Gasteiger partial charge < -0.3 is 14.2 Å². The van der Waals surface area contributed by atoms with Crippen LogP contribution in [-0.2, 0) is 21.2 Å². The van der Waals surface area contributed by atoms with Crippen LogP contribution in [0.5, 0.6) is 11.5 Å². The molecule has 2 heterocycles. The Morgan fingerprint density at radius 3 is 2.64 bits per heavy atom. The second kappa shape index (κ2) is 6.22. The molecule has 0 saturated heterocycles. The van der Waals surface area contributed by atoms with Gasteiger partial charge >= 0.3 is 0 Å². The van der Waals surface area contributed by atoms with Crippen LogP contribution in [0.3, 0.4) is 0 Å². The SMILES string of the molecule is C=CC[C@@]1(S(=O)(=O)c2ccccc2)C=C[C@H]2OCc3cc4c(cc3[C@H]21)OCO4. The molecule has 0 radical (unpaired) electrons. The first kappa shape index (κ1) is 17.5. The van der Waals surface area contributed by atoms with E-state index in [-0.39, 0.29) is 18.8 Å². The number of ether oxygens (including phenoxy) is 3. The Labute approximate surface area is 164 Å². The molecule has 0 amide bonds. The summed E-state index contributed by atoms with van der Waals surface area (Å²) >= 11 is 0. The van der Waals surface area contributed by atoms with Crippen LogP contribution in [-0.4, -0.2) is 26.1 Å². The van der Waals surface area contributed by atoms with Crippen LogP contribution >= 0.6 is 0 Å². The van der Waals surface area contributed by atoms with E-state index in [9.17, 15) is 8.42 Å². The van der Waals surface area contributed by atoms with Gasteiger partial charge in [-0.15, -0.1) is 6.58 Å². The second-order valence-electron chi connectivity index (χ2n) is 7.28. The fourth-order valence-corrected chi connectivity index (χ4v) is 6.69. The first-order valence-corrected chi connectivity index (χ1v) is 10.7. The number of hydrogen-bond donors (Lipinski definition) is 0. The number of sulfone groups is 1. The van der Waals surface area contributed by atoms with Gasteiger partial charge in [0.05, 0.1) is 17.6 Å². The first-order chi connectivity index (χ1) is 13.6. The van der Waals surface area contributed by atoms with Crippen molar-refractivity contribution in [3.05, 3.63) is 78.4 Å². The molecule has 6 heteroatoms. The molecular weight excluding hydrogens is 376 g/mol. The molecule has 144 valence electrons. The smallest absolute Gasteiger partial charge is 0.231 e. The maximum Gasteiger partial charge on any atom is 0.231 e. The van der Waals surface area contributed by atoms with E-state index in [0.717, 1.165) is 11.1 Å². The minimum absolute atomic E-state index is 0.172. The molecule has 5 rings (SSSR count). The van der Waals surface area contributed by atoms with Crippen molar-refractivity contribution in [1.82, 2.24) is 0 Å². The fraction of sp³-hybridized carbons (Fsp3) is 0.273. The molecule has 28 heavy (non-hydrogen) atoms. The maximum absolute atomic E-state index is 13.8. The van der Waals surface area contributed by atoms with E-state index < -0.39 is 14.6 Å². The topological polar surface area (TPSA) is 61.8 Å². The fourth-order valence-electron chi connectivity index (χ4n) is 4.55. The largest absolute Gasteiger partial charge is 0.454 e. The molecule has 0 aromatic heterocycles. The van der Waals surface area contributed by atoms with E-state index >= 15 is 0 Å². The lowest BCUT2D eigenvalue weighted by atomic mass is 9.80. The third-order valence-corrected chi connectivity index (χ3v) is 8.29. The summed E-state index contributed by atoms with van der Waals surface area (Å²) in [6.45, 7) is 4.43. The molecule has 0 fully saturated rings. The molecule has 2 aromatic rings. The maximum atomic E-state index is 13.8. The lowest BCUT2D eigenvalue weighted by Crippen LogP contribution is -2.45. The molecule has 0 N–H and O–H groups in total. The van der Waals surface area contributed by atoms with Gasteiger partial charge in [0.25, 0.3) is 0 Å². The van der Waals surface area contributed by atoms with Crippen LogP contribution < -0.4 is 9.47 Å². The Morgan fingerprint density at radius 1 is 1.14 bits per heavy atom. The zero-order valence-corrected chi connectivity index (χ0v) is 16.0. The van der Waals surface area contributed by atoms with E-state index in [4.69, 9.17) is 14.2 Å². The van der Waals surface area contributed by atoms with Crippen LogP contribution in [0.25, 0.3) is 0 Å². The average molecular weight is 396 g/mol. The highest BCUT2D eigenvalue weighted by Crippen LogP contribution is 2.54. The molecule has 1 aliphatic carbocycles. The van der Waals surface area contributed by atoms with Gasteiger partial charge in [-0.2, -0.15) is 0 Å². The third-order valence-electron chi connectivity index (χ3n) is 5.84. The monoisotopic (exact) mass is 396 g/mol. The van der Waals surface area contributed by atoms with Crippen molar-refractivity contribution in [3.63, 3.8) is 0 Å². The molecule has 0 spiro atoms. The van der Waals surface area contributed by atoms with E-state index in [0.29, 0.717) is 29.4 Å². The lowest BCUT2D eigenvalue weighted by molar-refractivity contribution is 0.0393. The minimum atomic E-state index is -3.70. The van der Waals surface area contributed by atoms with Gasteiger partial charge in [-0.3, -0.25) is 0 Å². The van der Waals surface area contributed by atoms with E-state index in [2.05, 4.69) is 6.58 Å². The number of hydrogen-bond acceptors (Lipinski definition) is 5. The number of fused-ring (bicyclic) bond motifs is 4. The van der Waals surface area contributed by atoms with Crippen LogP contribution in [0.4, 0.5) is 0 Å².